The van der Waals surface area contributed by atoms with E-state index in [1.165, 1.54) is 108 Å². The van der Waals surface area contributed by atoms with Crippen LogP contribution in [0, 0.1) is 28.5 Å². The molecule has 2 aliphatic heterocycles. The largest absolute Gasteiger partial charge is 0.530 e. The molecule has 2 unspecified atom stereocenters. The summed E-state index contributed by atoms with van der Waals surface area (Å²) < 4.78 is 74.5. The van der Waals surface area contributed by atoms with E-state index >= 15 is 0 Å². The van der Waals surface area contributed by atoms with Crippen LogP contribution >= 0.6 is 19.4 Å². The Kier molecular flexibility index (Phi) is 20.5. The highest BCUT2D eigenvalue weighted by Crippen LogP contribution is 2.55. The van der Waals surface area contributed by atoms with Crippen molar-refractivity contribution in [3.05, 3.63) is 88.6 Å². The number of unbranched alkanes of at least 4 members (excludes halogenated alkanes) is 17. The molecule has 0 bridgehead atoms. The van der Waals surface area contributed by atoms with Gasteiger partial charge in [0.1, 0.15) is 54.4 Å². The summed E-state index contributed by atoms with van der Waals surface area (Å²) in [6.07, 6.45) is 20.9. The number of nitrogens with two attached hydrogens (primary N) is 1. The van der Waals surface area contributed by atoms with Gasteiger partial charge in [0.15, 0.2) is 11.6 Å². The normalized spacial score (nSPS) is 21.0. The van der Waals surface area contributed by atoms with E-state index in [-0.39, 0.29) is 35.4 Å². The number of halogens is 2. The summed E-state index contributed by atoms with van der Waals surface area (Å²) in [6, 6.07) is 18.1. The lowest BCUT2D eigenvalue weighted by molar-refractivity contribution is -0.204. The quantitative estimate of drug-likeness (QED) is 0.0371. The maximum absolute atomic E-state index is 14.9. The van der Waals surface area contributed by atoms with E-state index in [4.69, 9.17) is 49.9 Å². The standard InChI is InChI=1S/C51H69ClFN6O8P/c1-4-5-6-7-8-9-10-11-12-13-14-15-16-17-18-19-20-21-24-41(61-33-39-29-38(32-54)30-40(53)31-39)34-62-68(60,67-45-26-23-22-25-42(45)52)63-36-51(35-55)48-47(64-50(2,3)66-48)46(65-51)43-27-28-44-49(56)57-37-58-59(43)44/h22-23,25-31,37,41,46-48H,4-21,24,33-34,36H2,1-3H3,(H2,56,57,58)/t41?,46-,47-,48-,51+,68?/m0/s1. The van der Waals surface area contributed by atoms with Crippen LogP contribution in [0.3, 0.4) is 0 Å². The number of aromatic nitrogens is 3. The van der Waals surface area contributed by atoms with Crippen LogP contribution in [0.25, 0.3) is 5.52 Å². The van der Waals surface area contributed by atoms with E-state index in [0.29, 0.717) is 23.2 Å². The summed E-state index contributed by atoms with van der Waals surface area (Å²) in [6.45, 7) is 4.78. The van der Waals surface area contributed by atoms with Gasteiger partial charge < -0.3 is 29.2 Å². The predicted octanol–water partition coefficient (Wildman–Crippen LogP) is 13.1. The highest BCUT2D eigenvalue weighted by molar-refractivity contribution is 7.49. The van der Waals surface area contributed by atoms with Crippen molar-refractivity contribution in [2.75, 3.05) is 18.9 Å². The lowest BCUT2D eigenvalue weighted by Crippen LogP contribution is -2.46. The Hall–Kier alpha value is -4.15. The molecule has 370 valence electrons. The molecule has 2 N–H and O–H groups in total. The monoisotopic (exact) mass is 978 g/mol. The molecule has 0 aliphatic carbocycles. The van der Waals surface area contributed by atoms with Crippen LogP contribution < -0.4 is 10.3 Å². The number of fused-ring (bicyclic) bond motifs is 2. The lowest BCUT2D eigenvalue weighted by Gasteiger charge is -2.30. The third-order valence-corrected chi connectivity index (χ3v) is 14.2. The van der Waals surface area contributed by atoms with Crippen molar-refractivity contribution >= 4 is 30.8 Å². The lowest BCUT2D eigenvalue weighted by atomic mass is 9.96. The maximum Gasteiger partial charge on any atom is 0.530 e. The minimum absolute atomic E-state index is 0.0230. The van der Waals surface area contributed by atoms with Gasteiger partial charge in [-0.25, -0.2) is 18.5 Å². The molecule has 14 nitrogen and oxygen atoms in total. The minimum Gasteiger partial charge on any atom is -0.402 e. The number of hydrogen-bond acceptors (Lipinski definition) is 13. The summed E-state index contributed by atoms with van der Waals surface area (Å²) >= 11 is 6.49. The zero-order valence-corrected chi connectivity index (χ0v) is 41.6. The van der Waals surface area contributed by atoms with Gasteiger partial charge in [0.2, 0.25) is 5.60 Å². The summed E-state index contributed by atoms with van der Waals surface area (Å²) in [5.74, 6) is -1.41. The molecule has 2 aliphatic rings. The SMILES string of the molecule is CCCCCCCCCCCCCCCCCCCCC(COP(=O)(OC[C@@]1(C#N)O[C@@H](c2ccc3c(N)ncnn23)[C@@H]2OC(C)(C)O[C@@H]21)Oc1ccccc1Cl)OCc1cc(F)cc(C#N)c1. The topological polar surface area (TPSA) is 185 Å². The van der Waals surface area contributed by atoms with Gasteiger partial charge in [0, 0.05) is 0 Å². The Morgan fingerprint density at radius 3 is 2.15 bits per heavy atom. The molecule has 2 fully saturated rings. The predicted molar refractivity (Wildman–Crippen MR) is 258 cm³/mol. The van der Waals surface area contributed by atoms with Crippen molar-refractivity contribution < 1.29 is 41.5 Å². The van der Waals surface area contributed by atoms with Crippen molar-refractivity contribution in [1.29, 1.82) is 10.5 Å². The first-order valence-electron chi connectivity index (χ1n) is 24.6. The van der Waals surface area contributed by atoms with Crippen molar-refractivity contribution in [3.8, 4) is 17.9 Å². The summed E-state index contributed by atoms with van der Waals surface area (Å²) in [5, 5.41) is 24.8. The zero-order valence-electron chi connectivity index (χ0n) is 39.9. The molecular weight excluding hydrogens is 910 g/mol. The van der Waals surface area contributed by atoms with Gasteiger partial charge in [0.25, 0.3) is 0 Å². The van der Waals surface area contributed by atoms with Crippen molar-refractivity contribution in [1.82, 2.24) is 14.6 Å². The number of nitrogens with zero attached hydrogens (tertiary/aromatic N) is 5. The molecule has 6 rings (SSSR count). The van der Waals surface area contributed by atoms with Gasteiger partial charge in [0.05, 0.1) is 41.7 Å². The number of phosphoric ester groups is 1. The van der Waals surface area contributed by atoms with Crippen LogP contribution in [-0.4, -0.2) is 57.5 Å². The van der Waals surface area contributed by atoms with E-state index in [1.54, 1.807) is 54.8 Å². The number of benzene rings is 2. The van der Waals surface area contributed by atoms with Gasteiger partial charge in [-0.05, 0) is 68.3 Å². The molecule has 4 heterocycles. The number of hydrogen-bond donors (Lipinski definition) is 1. The summed E-state index contributed by atoms with van der Waals surface area (Å²) in [7, 11) is -4.66. The van der Waals surface area contributed by atoms with E-state index in [1.807, 2.05) is 6.07 Å². The summed E-state index contributed by atoms with van der Waals surface area (Å²) in [5.41, 5.74) is 5.92. The Labute approximate surface area is 406 Å². The number of nitriles is 2. The number of para-hydroxylation sites is 1. The zero-order chi connectivity index (χ0) is 48.4. The Morgan fingerprint density at radius 2 is 1.51 bits per heavy atom. The maximum atomic E-state index is 14.9. The minimum atomic E-state index is -4.66. The average molecular weight is 980 g/mol. The first-order valence-corrected chi connectivity index (χ1v) is 26.4. The van der Waals surface area contributed by atoms with Gasteiger partial charge in [-0.2, -0.15) is 15.6 Å². The molecule has 0 amide bonds. The number of ether oxygens (including phenoxy) is 4. The van der Waals surface area contributed by atoms with E-state index in [2.05, 4.69) is 23.1 Å². The summed E-state index contributed by atoms with van der Waals surface area (Å²) in [4.78, 5) is 4.07. The average Bonchev–Trinajstić information content (AvgIpc) is 3.99. The van der Waals surface area contributed by atoms with Crippen LogP contribution in [0.4, 0.5) is 10.2 Å². The van der Waals surface area contributed by atoms with Crippen LogP contribution in [0.2, 0.25) is 5.02 Å². The first kappa shape index (κ1) is 53.2. The van der Waals surface area contributed by atoms with Crippen LogP contribution in [-0.2, 0) is 39.2 Å². The van der Waals surface area contributed by atoms with Crippen LogP contribution in [0.15, 0.2) is 60.9 Å². The Morgan fingerprint density at radius 1 is 0.868 bits per heavy atom. The van der Waals surface area contributed by atoms with E-state index in [0.717, 1.165) is 31.7 Å². The van der Waals surface area contributed by atoms with E-state index in [9.17, 15) is 19.5 Å². The molecule has 2 aromatic heterocycles. The molecule has 0 saturated carbocycles. The highest BCUT2D eigenvalue weighted by Gasteiger charge is 2.65. The first-order chi connectivity index (χ1) is 32.9. The van der Waals surface area contributed by atoms with E-state index < -0.39 is 56.1 Å². The van der Waals surface area contributed by atoms with Crippen molar-refractivity contribution in [2.45, 2.75) is 185 Å². The molecule has 0 spiro atoms. The number of anilines is 1. The Balaban J connectivity index is 1.07. The highest BCUT2D eigenvalue weighted by atomic mass is 35.5. The third kappa shape index (κ3) is 15.2. The molecule has 4 aromatic rings. The van der Waals surface area contributed by atoms with Crippen LogP contribution in [0.5, 0.6) is 5.75 Å². The van der Waals surface area contributed by atoms with Crippen molar-refractivity contribution in [2.24, 2.45) is 0 Å². The van der Waals surface area contributed by atoms with Gasteiger partial charge in [-0.15, -0.1) is 0 Å². The second-order valence-electron chi connectivity index (χ2n) is 18.5. The molecule has 2 saturated heterocycles. The molecular formula is C51H69ClFN6O8P. The van der Waals surface area contributed by atoms with Gasteiger partial charge in [-0.1, -0.05) is 146 Å². The Bertz CT molecular complexity index is 2340. The second-order valence-corrected chi connectivity index (χ2v) is 20.5. The molecule has 0 radical (unpaired) electrons. The van der Waals surface area contributed by atoms with Crippen LogP contribution in [0.1, 0.15) is 166 Å². The number of rotatable bonds is 31. The molecule has 2 aromatic carbocycles. The smallest absolute Gasteiger partial charge is 0.402 e. The van der Waals surface area contributed by atoms with Gasteiger partial charge in [-0.3, -0.25) is 9.05 Å². The fraction of sp³-hybridized carbons (Fsp3) is 0.608. The number of phosphoric acid groups is 1. The molecule has 68 heavy (non-hydrogen) atoms. The number of nitrogen functional groups attached to an aromatic ring is 1. The fourth-order valence-electron chi connectivity index (χ4n) is 8.97. The third-order valence-electron chi connectivity index (χ3n) is 12.6. The fourth-order valence-corrected chi connectivity index (χ4v) is 10.5. The molecule has 17 heteroatoms. The van der Waals surface area contributed by atoms with Crippen molar-refractivity contribution in [3.63, 3.8) is 0 Å². The van der Waals surface area contributed by atoms with Gasteiger partial charge >= 0.3 is 7.82 Å². The molecule has 6 atom stereocenters. The second kappa shape index (κ2) is 26.2.